The van der Waals surface area contributed by atoms with Gasteiger partial charge >= 0.3 is 5.97 Å². The van der Waals surface area contributed by atoms with E-state index in [2.05, 4.69) is 0 Å². The highest BCUT2D eigenvalue weighted by molar-refractivity contribution is 7.91. The molecular formula is C27H32F2O5S. The van der Waals surface area contributed by atoms with Crippen LogP contribution in [0.4, 0.5) is 8.78 Å². The number of hydrogen-bond donors (Lipinski definition) is 1. The van der Waals surface area contributed by atoms with Gasteiger partial charge in [-0.3, -0.25) is 4.79 Å². The standard InChI is InChI=1S/C27H32F2O5S/c1-3-14-35(32,33)24-16-21(15-23(29)18(24)2)27(34-17-19-4-5-19)12-10-26(11-13-27,25(30)31)20-6-8-22(28)9-7-20/h6-9,15-16,19H,3-5,10-14,17H2,1-2H3,(H,30,31). The second kappa shape index (κ2) is 9.62. The summed E-state index contributed by atoms with van der Waals surface area (Å²) in [6.07, 6.45) is 3.45. The fourth-order valence-corrected chi connectivity index (χ4v) is 6.80. The summed E-state index contributed by atoms with van der Waals surface area (Å²) >= 11 is 0. The van der Waals surface area contributed by atoms with Crippen LogP contribution in [0.1, 0.15) is 68.6 Å². The molecular weight excluding hydrogens is 474 g/mol. The topological polar surface area (TPSA) is 80.7 Å². The zero-order valence-electron chi connectivity index (χ0n) is 20.1. The third-order valence-corrected chi connectivity index (χ3v) is 9.68. The fourth-order valence-electron chi connectivity index (χ4n) is 5.17. The van der Waals surface area contributed by atoms with Crippen LogP contribution in [0, 0.1) is 24.5 Å². The summed E-state index contributed by atoms with van der Waals surface area (Å²) in [6, 6.07) is 8.39. The van der Waals surface area contributed by atoms with Crippen LogP contribution in [-0.4, -0.2) is 31.9 Å². The second-order valence-corrected chi connectivity index (χ2v) is 12.1. The monoisotopic (exact) mass is 506 g/mol. The molecule has 2 aromatic rings. The summed E-state index contributed by atoms with van der Waals surface area (Å²) in [4.78, 5) is 12.4. The van der Waals surface area contributed by atoms with Crippen LogP contribution in [0.15, 0.2) is 41.3 Å². The van der Waals surface area contributed by atoms with E-state index in [9.17, 15) is 22.7 Å². The molecule has 0 aliphatic heterocycles. The molecule has 0 amide bonds. The number of ether oxygens (including phenoxy) is 1. The molecule has 2 aliphatic carbocycles. The molecule has 2 aromatic carbocycles. The van der Waals surface area contributed by atoms with Crippen molar-refractivity contribution in [3.05, 3.63) is 64.7 Å². The lowest BCUT2D eigenvalue weighted by Gasteiger charge is -2.45. The maximum atomic E-state index is 15.1. The molecule has 4 rings (SSSR count). The van der Waals surface area contributed by atoms with Crippen LogP contribution >= 0.6 is 0 Å². The smallest absolute Gasteiger partial charge is 0.314 e. The van der Waals surface area contributed by atoms with E-state index in [1.807, 2.05) is 0 Å². The van der Waals surface area contributed by atoms with Crippen LogP contribution in [0.3, 0.4) is 0 Å². The molecule has 2 fully saturated rings. The lowest BCUT2D eigenvalue weighted by atomic mass is 9.63. The predicted molar refractivity (Wildman–Crippen MR) is 128 cm³/mol. The van der Waals surface area contributed by atoms with Gasteiger partial charge < -0.3 is 9.84 Å². The van der Waals surface area contributed by atoms with Gasteiger partial charge in [0.1, 0.15) is 11.6 Å². The molecule has 0 saturated heterocycles. The highest BCUT2D eigenvalue weighted by Gasteiger charge is 2.50. The van der Waals surface area contributed by atoms with Crippen LogP contribution in [0.2, 0.25) is 0 Å². The van der Waals surface area contributed by atoms with E-state index in [1.54, 1.807) is 6.92 Å². The zero-order chi connectivity index (χ0) is 25.4. The number of carbonyl (C=O) groups is 1. The van der Waals surface area contributed by atoms with E-state index in [0.29, 0.717) is 30.1 Å². The molecule has 35 heavy (non-hydrogen) atoms. The third kappa shape index (κ3) is 5.00. The Morgan fingerprint density at radius 3 is 2.23 bits per heavy atom. The maximum absolute atomic E-state index is 15.1. The summed E-state index contributed by atoms with van der Waals surface area (Å²) in [7, 11) is -3.68. The van der Waals surface area contributed by atoms with Crippen molar-refractivity contribution in [2.24, 2.45) is 5.92 Å². The van der Waals surface area contributed by atoms with Crippen molar-refractivity contribution < 1.29 is 31.8 Å². The molecule has 1 N–H and O–H groups in total. The predicted octanol–water partition coefficient (Wildman–Crippen LogP) is 5.68. The molecule has 0 unspecified atom stereocenters. The molecule has 2 aliphatic rings. The van der Waals surface area contributed by atoms with Gasteiger partial charge in [-0.05, 0) is 93.2 Å². The number of hydrogen-bond acceptors (Lipinski definition) is 4. The Balaban J connectivity index is 1.75. The lowest BCUT2D eigenvalue weighted by molar-refractivity contribution is -0.151. The summed E-state index contributed by atoms with van der Waals surface area (Å²) < 4.78 is 60.8. The van der Waals surface area contributed by atoms with Crippen molar-refractivity contribution in [2.75, 3.05) is 12.4 Å². The molecule has 0 bridgehead atoms. The van der Waals surface area contributed by atoms with Gasteiger partial charge in [-0.1, -0.05) is 19.1 Å². The van der Waals surface area contributed by atoms with Gasteiger partial charge in [0.15, 0.2) is 9.84 Å². The summed E-state index contributed by atoms with van der Waals surface area (Å²) in [6.45, 7) is 3.68. The van der Waals surface area contributed by atoms with Crippen molar-refractivity contribution in [1.29, 1.82) is 0 Å². The van der Waals surface area contributed by atoms with Gasteiger partial charge in [0, 0.05) is 5.56 Å². The Labute approximate surface area is 205 Å². The lowest BCUT2D eigenvalue weighted by Crippen LogP contribution is -2.46. The van der Waals surface area contributed by atoms with Crippen molar-refractivity contribution >= 4 is 15.8 Å². The van der Waals surface area contributed by atoms with E-state index < -0.39 is 38.5 Å². The summed E-state index contributed by atoms with van der Waals surface area (Å²) in [5.74, 6) is -1.72. The van der Waals surface area contributed by atoms with E-state index in [1.165, 1.54) is 43.3 Å². The van der Waals surface area contributed by atoms with Crippen molar-refractivity contribution in [3.63, 3.8) is 0 Å². The average molecular weight is 507 g/mol. The zero-order valence-corrected chi connectivity index (χ0v) is 21.0. The molecule has 8 heteroatoms. The second-order valence-electron chi connectivity index (χ2n) is 10.0. The van der Waals surface area contributed by atoms with Gasteiger partial charge in [-0.15, -0.1) is 0 Å². The largest absolute Gasteiger partial charge is 0.481 e. The fraction of sp³-hybridized carbons (Fsp3) is 0.519. The first-order valence-electron chi connectivity index (χ1n) is 12.2. The van der Waals surface area contributed by atoms with E-state index in [4.69, 9.17) is 4.74 Å². The number of rotatable bonds is 9. The average Bonchev–Trinajstić information content (AvgIpc) is 3.64. The maximum Gasteiger partial charge on any atom is 0.314 e. The quantitative estimate of drug-likeness (QED) is 0.474. The van der Waals surface area contributed by atoms with E-state index in [0.717, 1.165) is 12.8 Å². The van der Waals surface area contributed by atoms with Gasteiger partial charge in [-0.2, -0.15) is 0 Å². The molecule has 0 radical (unpaired) electrons. The molecule has 0 atom stereocenters. The normalized spacial score (nSPS) is 24.9. The Morgan fingerprint density at radius 2 is 1.69 bits per heavy atom. The van der Waals surface area contributed by atoms with Gasteiger partial charge in [0.2, 0.25) is 0 Å². The first kappa shape index (κ1) is 25.8. The number of halogens is 2. The Morgan fingerprint density at radius 1 is 1.06 bits per heavy atom. The molecule has 2 saturated carbocycles. The van der Waals surface area contributed by atoms with Crippen LogP contribution in [0.5, 0.6) is 0 Å². The molecule has 190 valence electrons. The molecule has 0 aromatic heterocycles. The number of benzene rings is 2. The number of carboxylic acids is 1. The third-order valence-electron chi connectivity index (χ3n) is 7.64. The SMILES string of the molecule is CCCS(=O)(=O)c1cc(C2(OCC3CC3)CCC(C(=O)O)(c3ccc(F)cc3)CC2)cc(F)c1C. The minimum atomic E-state index is -3.68. The molecule has 5 nitrogen and oxygen atoms in total. The Bertz CT molecular complexity index is 1190. The minimum absolute atomic E-state index is 0.0302. The Hall–Kier alpha value is -2.32. The Kier molecular flexibility index (Phi) is 7.08. The van der Waals surface area contributed by atoms with Crippen LogP contribution in [0.25, 0.3) is 0 Å². The van der Waals surface area contributed by atoms with Gasteiger partial charge in [0.05, 0.1) is 28.3 Å². The van der Waals surface area contributed by atoms with Crippen LogP contribution in [-0.2, 0) is 30.4 Å². The van der Waals surface area contributed by atoms with Crippen molar-refractivity contribution in [2.45, 2.75) is 74.7 Å². The van der Waals surface area contributed by atoms with Crippen molar-refractivity contribution in [3.8, 4) is 0 Å². The first-order valence-corrected chi connectivity index (χ1v) is 13.8. The summed E-state index contributed by atoms with van der Waals surface area (Å²) in [5.41, 5.74) is -1.17. The highest BCUT2D eigenvalue weighted by atomic mass is 32.2. The number of aliphatic carboxylic acids is 1. The van der Waals surface area contributed by atoms with E-state index >= 15 is 4.39 Å². The summed E-state index contributed by atoms with van der Waals surface area (Å²) in [5, 5.41) is 10.2. The highest BCUT2D eigenvalue weighted by Crippen LogP contribution is 2.50. The van der Waals surface area contributed by atoms with Crippen molar-refractivity contribution in [1.82, 2.24) is 0 Å². The minimum Gasteiger partial charge on any atom is -0.481 e. The molecule has 0 spiro atoms. The van der Waals surface area contributed by atoms with Gasteiger partial charge in [0.25, 0.3) is 0 Å². The first-order chi connectivity index (χ1) is 16.5. The number of carboxylic acid groups (broad SMARTS) is 1. The van der Waals surface area contributed by atoms with Crippen LogP contribution < -0.4 is 0 Å². The van der Waals surface area contributed by atoms with Gasteiger partial charge in [-0.25, -0.2) is 17.2 Å². The van der Waals surface area contributed by atoms with E-state index in [-0.39, 0.29) is 41.9 Å². The number of sulfone groups is 1. The molecule has 0 heterocycles.